The maximum atomic E-state index is 12.3. The molecule has 1 heterocycles. The number of hydrogen-bond donors (Lipinski definition) is 2. The molecule has 134 valence electrons. The Labute approximate surface area is 150 Å². The van der Waals surface area contributed by atoms with Crippen molar-refractivity contribution in [1.29, 1.82) is 0 Å². The van der Waals surface area contributed by atoms with E-state index < -0.39 is 5.69 Å². The van der Waals surface area contributed by atoms with E-state index in [0.29, 0.717) is 23.7 Å². The Morgan fingerprint density at radius 3 is 2.50 bits per heavy atom. The predicted molar refractivity (Wildman–Crippen MR) is 97.6 cm³/mol. The minimum Gasteiger partial charge on any atom is -0.493 e. The summed E-state index contributed by atoms with van der Waals surface area (Å²) in [5.74, 6) is 1.29. The molecule has 26 heavy (non-hydrogen) atoms. The second-order valence-corrected chi connectivity index (χ2v) is 5.34. The van der Waals surface area contributed by atoms with Gasteiger partial charge in [0.1, 0.15) is 6.33 Å². The second-order valence-electron chi connectivity index (χ2n) is 5.34. The Bertz CT molecular complexity index is 928. The predicted octanol–water partition coefficient (Wildman–Crippen LogP) is 1.76. The van der Waals surface area contributed by atoms with Crippen molar-refractivity contribution in [3.05, 3.63) is 70.9 Å². The average molecular weight is 353 g/mol. The molecule has 0 saturated heterocycles. The molecule has 3 aromatic rings. The van der Waals surface area contributed by atoms with E-state index in [4.69, 9.17) is 9.47 Å². The molecular formula is C18H19N5O3. The Hall–Kier alpha value is -3.39. The fourth-order valence-corrected chi connectivity index (χ4v) is 2.37. The highest BCUT2D eigenvalue weighted by Gasteiger charge is 2.08. The Morgan fingerprint density at radius 1 is 1.04 bits per heavy atom. The highest BCUT2D eigenvalue weighted by molar-refractivity contribution is 5.48. The number of aromatic nitrogens is 3. The van der Waals surface area contributed by atoms with Gasteiger partial charge < -0.3 is 9.47 Å². The van der Waals surface area contributed by atoms with Crippen molar-refractivity contribution in [3.8, 4) is 17.2 Å². The number of ether oxygens (including phenoxy) is 2. The third-order valence-electron chi connectivity index (χ3n) is 3.68. The van der Waals surface area contributed by atoms with Gasteiger partial charge in [0.05, 0.1) is 19.9 Å². The fourth-order valence-electron chi connectivity index (χ4n) is 2.37. The lowest BCUT2D eigenvalue weighted by molar-refractivity contribution is 0.355. The van der Waals surface area contributed by atoms with Gasteiger partial charge in [0, 0.05) is 12.6 Å². The molecule has 3 rings (SSSR count). The summed E-state index contributed by atoms with van der Waals surface area (Å²) < 4.78 is 11.8. The molecule has 0 fully saturated rings. The molecule has 8 nitrogen and oxygen atoms in total. The number of nitrogens with zero attached hydrogens (tertiary/aromatic N) is 3. The van der Waals surface area contributed by atoms with Crippen LogP contribution in [0.3, 0.4) is 0 Å². The summed E-state index contributed by atoms with van der Waals surface area (Å²) in [6.07, 6.45) is 1.41. The van der Waals surface area contributed by atoms with Crippen LogP contribution in [-0.4, -0.2) is 28.8 Å². The van der Waals surface area contributed by atoms with Gasteiger partial charge in [-0.3, -0.25) is 9.99 Å². The summed E-state index contributed by atoms with van der Waals surface area (Å²) in [4.78, 5) is 20.4. The number of hydrogen-bond acceptors (Lipinski definition) is 7. The third kappa shape index (κ3) is 3.98. The molecule has 0 radical (unpaired) electrons. The number of benzene rings is 2. The summed E-state index contributed by atoms with van der Waals surface area (Å²) >= 11 is 0. The van der Waals surface area contributed by atoms with E-state index in [-0.39, 0.29) is 5.95 Å². The van der Waals surface area contributed by atoms with Crippen LogP contribution in [0.1, 0.15) is 5.56 Å². The zero-order valence-corrected chi connectivity index (χ0v) is 14.5. The van der Waals surface area contributed by atoms with Crippen molar-refractivity contribution in [2.45, 2.75) is 6.54 Å². The SMILES string of the molecule is COc1ccc(-n2cnc(NNCc3ccccc3)nc2=O)cc1OC. The average Bonchev–Trinajstić information content (AvgIpc) is 2.68. The molecule has 0 spiro atoms. The van der Waals surface area contributed by atoms with Crippen LogP contribution >= 0.6 is 0 Å². The van der Waals surface area contributed by atoms with E-state index in [2.05, 4.69) is 20.8 Å². The van der Waals surface area contributed by atoms with E-state index in [0.717, 1.165) is 5.56 Å². The Balaban J connectivity index is 1.72. The Kier molecular flexibility index (Phi) is 5.45. The van der Waals surface area contributed by atoms with Crippen LogP contribution in [-0.2, 0) is 6.54 Å². The lowest BCUT2D eigenvalue weighted by atomic mass is 10.2. The van der Waals surface area contributed by atoms with Crippen molar-refractivity contribution in [2.75, 3.05) is 19.6 Å². The molecule has 0 aliphatic rings. The van der Waals surface area contributed by atoms with Crippen LogP contribution in [0, 0.1) is 0 Å². The normalized spacial score (nSPS) is 10.4. The van der Waals surface area contributed by atoms with Crippen LogP contribution in [0.15, 0.2) is 59.7 Å². The van der Waals surface area contributed by atoms with Crippen molar-refractivity contribution in [3.63, 3.8) is 0 Å². The molecular weight excluding hydrogens is 334 g/mol. The van der Waals surface area contributed by atoms with E-state index >= 15 is 0 Å². The van der Waals surface area contributed by atoms with Gasteiger partial charge in [-0.1, -0.05) is 30.3 Å². The van der Waals surface area contributed by atoms with E-state index in [9.17, 15) is 4.79 Å². The van der Waals surface area contributed by atoms with Crippen molar-refractivity contribution in [2.24, 2.45) is 0 Å². The first-order valence-electron chi connectivity index (χ1n) is 7.92. The van der Waals surface area contributed by atoms with Gasteiger partial charge in [-0.15, -0.1) is 0 Å². The van der Waals surface area contributed by atoms with Crippen LogP contribution in [0.25, 0.3) is 5.69 Å². The lowest BCUT2D eigenvalue weighted by Gasteiger charge is -2.11. The van der Waals surface area contributed by atoms with Gasteiger partial charge in [0.2, 0.25) is 5.95 Å². The van der Waals surface area contributed by atoms with Gasteiger partial charge in [0.25, 0.3) is 0 Å². The number of hydrazine groups is 1. The smallest absolute Gasteiger partial charge is 0.356 e. The highest BCUT2D eigenvalue weighted by Crippen LogP contribution is 2.28. The fraction of sp³-hybridized carbons (Fsp3) is 0.167. The summed E-state index contributed by atoms with van der Waals surface area (Å²) in [7, 11) is 3.09. The van der Waals surface area contributed by atoms with Crippen LogP contribution in [0.5, 0.6) is 11.5 Å². The van der Waals surface area contributed by atoms with E-state index in [1.807, 2.05) is 30.3 Å². The minimum atomic E-state index is -0.462. The lowest BCUT2D eigenvalue weighted by Crippen LogP contribution is -2.28. The number of nitrogens with one attached hydrogen (secondary N) is 2. The second kappa shape index (κ2) is 8.13. The number of methoxy groups -OCH3 is 2. The topological polar surface area (TPSA) is 90.3 Å². The number of rotatable bonds is 7. The zero-order valence-electron chi connectivity index (χ0n) is 14.5. The molecule has 0 aliphatic carbocycles. The van der Waals surface area contributed by atoms with Crippen molar-refractivity contribution >= 4 is 5.95 Å². The van der Waals surface area contributed by atoms with Crippen LogP contribution in [0.4, 0.5) is 5.95 Å². The van der Waals surface area contributed by atoms with Crippen LogP contribution in [0.2, 0.25) is 0 Å². The Morgan fingerprint density at radius 2 is 1.81 bits per heavy atom. The molecule has 0 unspecified atom stereocenters. The molecule has 2 aromatic carbocycles. The molecule has 2 N–H and O–H groups in total. The summed E-state index contributed by atoms with van der Waals surface area (Å²) in [5.41, 5.74) is 7.02. The maximum absolute atomic E-state index is 12.3. The summed E-state index contributed by atoms with van der Waals surface area (Å²) in [5, 5.41) is 0. The highest BCUT2D eigenvalue weighted by atomic mass is 16.5. The molecule has 0 saturated carbocycles. The molecule has 1 aromatic heterocycles. The third-order valence-corrected chi connectivity index (χ3v) is 3.68. The van der Waals surface area contributed by atoms with Gasteiger partial charge in [-0.2, -0.15) is 4.98 Å². The van der Waals surface area contributed by atoms with E-state index in [1.54, 1.807) is 25.3 Å². The van der Waals surface area contributed by atoms with Gasteiger partial charge >= 0.3 is 5.69 Å². The molecule has 0 aliphatic heterocycles. The zero-order chi connectivity index (χ0) is 18.4. The summed E-state index contributed by atoms with van der Waals surface area (Å²) in [6.45, 7) is 0.572. The first-order valence-corrected chi connectivity index (χ1v) is 7.92. The first-order chi connectivity index (χ1) is 12.7. The first kappa shape index (κ1) is 17.4. The monoisotopic (exact) mass is 353 g/mol. The standard InChI is InChI=1S/C18H19N5O3/c1-25-15-9-8-14(10-16(15)26-2)23-12-19-17(21-18(23)24)22-20-11-13-6-4-3-5-7-13/h3-10,12,20H,11H2,1-2H3,(H,21,22,24). The minimum absolute atomic E-state index is 0.197. The quantitative estimate of drug-likeness (QED) is 0.626. The molecule has 0 atom stereocenters. The largest absolute Gasteiger partial charge is 0.493 e. The van der Waals surface area contributed by atoms with Gasteiger partial charge in [0.15, 0.2) is 11.5 Å². The maximum Gasteiger partial charge on any atom is 0.356 e. The molecule has 8 heteroatoms. The van der Waals surface area contributed by atoms with Gasteiger partial charge in [-0.25, -0.2) is 15.2 Å². The molecule has 0 bridgehead atoms. The van der Waals surface area contributed by atoms with Crippen molar-refractivity contribution in [1.82, 2.24) is 20.0 Å². The van der Waals surface area contributed by atoms with E-state index in [1.165, 1.54) is 18.0 Å². The van der Waals surface area contributed by atoms with Crippen molar-refractivity contribution < 1.29 is 9.47 Å². The van der Waals surface area contributed by atoms with Gasteiger partial charge in [-0.05, 0) is 17.7 Å². The summed E-state index contributed by atoms with van der Waals surface area (Å²) in [6, 6.07) is 15.0. The van der Waals surface area contributed by atoms with Crippen LogP contribution < -0.4 is 26.0 Å². The molecule has 0 amide bonds. The number of anilines is 1.